The number of amides is 1. The van der Waals surface area contributed by atoms with Gasteiger partial charge in [-0.05, 0) is 63.9 Å². The number of benzene rings is 1. The van der Waals surface area contributed by atoms with E-state index in [4.69, 9.17) is 9.26 Å². The fraction of sp³-hybridized carbons (Fsp3) is 0.458. The van der Waals surface area contributed by atoms with Gasteiger partial charge in [0.25, 0.3) is 5.91 Å². The zero-order valence-electron chi connectivity index (χ0n) is 19.2. The molecule has 1 fully saturated rings. The molecule has 0 aliphatic carbocycles. The van der Waals surface area contributed by atoms with Crippen molar-refractivity contribution in [1.29, 1.82) is 0 Å². The molecule has 170 valence electrons. The first-order valence-electron chi connectivity index (χ1n) is 11.2. The molecule has 1 saturated heterocycles. The van der Waals surface area contributed by atoms with Crippen LogP contribution in [-0.2, 0) is 13.5 Å². The number of carbonyl (C=O) groups is 1. The van der Waals surface area contributed by atoms with Crippen molar-refractivity contribution in [2.75, 3.05) is 18.5 Å². The molecule has 1 aliphatic rings. The van der Waals surface area contributed by atoms with Gasteiger partial charge in [0.1, 0.15) is 23.8 Å². The minimum atomic E-state index is -0.204. The van der Waals surface area contributed by atoms with E-state index in [0.29, 0.717) is 29.8 Å². The Morgan fingerprint density at radius 2 is 2.16 bits per heavy atom. The van der Waals surface area contributed by atoms with Gasteiger partial charge in [-0.3, -0.25) is 9.48 Å². The van der Waals surface area contributed by atoms with Crippen LogP contribution in [0.5, 0.6) is 5.75 Å². The molecule has 0 bridgehead atoms. The Hall–Kier alpha value is -3.13. The lowest BCUT2D eigenvalue weighted by atomic mass is 10.0. The molecular weight excluding hydrogens is 406 g/mol. The summed E-state index contributed by atoms with van der Waals surface area (Å²) in [5.74, 6) is 1.26. The van der Waals surface area contributed by atoms with Crippen LogP contribution < -0.4 is 15.4 Å². The lowest BCUT2D eigenvalue weighted by Gasteiger charge is -2.24. The van der Waals surface area contributed by atoms with Crippen molar-refractivity contribution in [2.45, 2.75) is 52.5 Å². The van der Waals surface area contributed by atoms with Crippen molar-refractivity contribution in [2.24, 2.45) is 7.05 Å². The average molecular weight is 438 g/mol. The number of piperidine rings is 1. The molecule has 0 saturated carbocycles. The molecule has 3 aromatic rings. The van der Waals surface area contributed by atoms with Gasteiger partial charge in [-0.2, -0.15) is 5.10 Å². The average Bonchev–Trinajstić information content (AvgIpc) is 3.34. The van der Waals surface area contributed by atoms with Crippen LogP contribution in [-0.4, -0.2) is 40.0 Å². The maximum Gasteiger partial charge on any atom is 0.273 e. The normalized spacial score (nSPS) is 16.2. The maximum absolute atomic E-state index is 12.9. The second-order valence-electron chi connectivity index (χ2n) is 8.32. The third-order valence-corrected chi connectivity index (χ3v) is 5.92. The number of anilines is 1. The standard InChI is InChI=1S/C24H31N5O3/c1-5-17-13-21(29(4)27-17)24(30)26-18-9-10-22(31-14-19-8-6-7-11-25-19)20(12-18)23-15(2)28-32-16(23)3/h9-10,12-13,19,25H,5-8,11,14H2,1-4H3,(H,26,30)/t19-/m1/s1. The van der Waals surface area contributed by atoms with Crippen LogP contribution in [0.3, 0.4) is 0 Å². The Kier molecular flexibility index (Phi) is 6.60. The predicted octanol–water partition coefficient (Wildman–Crippen LogP) is 4.03. The van der Waals surface area contributed by atoms with E-state index in [-0.39, 0.29) is 5.91 Å². The van der Waals surface area contributed by atoms with Crippen molar-refractivity contribution < 1.29 is 14.1 Å². The zero-order valence-corrected chi connectivity index (χ0v) is 19.2. The molecule has 1 aromatic carbocycles. The second kappa shape index (κ2) is 9.56. The first kappa shape index (κ1) is 22.1. The molecule has 3 heterocycles. The van der Waals surface area contributed by atoms with E-state index in [1.807, 2.05) is 45.0 Å². The summed E-state index contributed by atoms with van der Waals surface area (Å²) in [5, 5.41) is 15.0. The van der Waals surface area contributed by atoms with Crippen molar-refractivity contribution in [3.63, 3.8) is 0 Å². The number of aryl methyl sites for hydroxylation is 4. The number of hydrogen-bond donors (Lipinski definition) is 2. The minimum Gasteiger partial charge on any atom is -0.491 e. The van der Waals surface area contributed by atoms with Crippen LogP contribution in [0.1, 0.15) is 53.8 Å². The van der Waals surface area contributed by atoms with E-state index < -0.39 is 0 Å². The van der Waals surface area contributed by atoms with Gasteiger partial charge in [0, 0.05) is 24.3 Å². The van der Waals surface area contributed by atoms with Gasteiger partial charge in [-0.15, -0.1) is 0 Å². The predicted molar refractivity (Wildman–Crippen MR) is 123 cm³/mol. The molecular formula is C24H31N5O3. The van der Waals surface area contributed by atoms with Crippen molar-refractivity contribution in [1.82, 2.24) is 20.3 Å². The van der Waals surface area contributed by atoms with Crippen LogP contribution in [0.15, 0.2) is 28.8 Å². The third kappa shape index (κ3) is 4.70. The second-order valence-corrected chi connectivity index (χ2v) is 8.32. The molecule has 0 radical (unpaired) electrons. The quantitative estimate of drug-likeness (QED) is 0.580. The van der Waals surface area contributed by atoms with Crippen molar-refractivity contribution >= 4 is 11.6 Å². The molecule has 4 rings (SSSR count). The summed E-state index contributed by atoms with van der Waals surface area (Å²) in [4.78, 5) is 12.9. The fourth-order valence-electron chi connectivity index (χ4n) is 4.16. The van der Waals surface area contributed by atoms with Crippen LogP contribution in [0.25, 0.3) is 11.1 Å². The van der Waals surface area contributed by atoms with Gasteiger partial charge >= 0.3 is 0 Å². The highest BCUT2D eigenvalue weighted by molar-refractivity contribution is 6.03. The summed E-state index contributed by atoms with van der Waals surface area (Å²) in [6, 6.07) is 7.85. The summed E-state index contributed by atoms with van der Waals surface area (Å²) in [5.41, 5.74) is 4.60. The Morgan fingerprint density at radius 3 is 2.81 bits per heavy atom. The van der Waals surface area contributed by atoms with E-state index in [1.165, 1.54) is 12.8 Å². The molecule has 0 unspecified atom stereocenters. The smallest absolute Gasteiger partial charge is 0.273 e. The number of nitrogens with one attached hydrogen (secondary N) is 2. The molecule has 2 N–H and O–H groups in total. The van der Waals surface area contributed by atoms with Gasteiger partial charge in [0.15, 0.2) is 0 Å². The summed E-state index contributed by atoms with van der Waals surface area (Å²) in [7, 11) is 1.78. The maximum atomic E-state index is 12.9. The van der Waals surface area contributed by atoms with Crippen LogP contribution in [0.2, 0.25) is 0 Å². The molecule has 2 aromatic heterocycles. The first-order valence-corrected chi connectivity index (χ1v) is 11.2. The van der Waals surface area contributed by atoms with Gasteiger partial charge in [-0.1, -0.05) is 18.5 Å². The summed E-state index contributed by atoms with van der Waals surface area (Å²) in [6.45, 7) is 7.43. The lowest BCUT2D eigenvalue weighted by molar-refractivity contribution is 0.101. The number of carbonyl (C=O) groups excluding carboxylic acids is 1. The van der Waals surface area contributed by atoms with E-state index in [2.05, 4.69) is 20.9 Å². The van der Waals surface area contributed by atoms with E-state index in [1.54, 1.807) is 11.7 Å². The van der Waals surface area contributed by atoms with Crippen LogP contribution in [0, 0.1) is 13.8 Å². The van der Waals surface area contributed by atoms with Crippen LogP contribution >= 0.6 is 0 Å². The Labute approximate surface area is 188 Å². The third-order valence-electron chi connectivity index (χ3n) is 5.92. The molecule has 1 atom stereocenters. The molecule has 8 heteroatoms. The van der Waals surface area contributed by atoms with Gasteiger partial charge in [0.2, 0.25) is 0 Å². The minimum absolute atomic E-state index is 0.204. The van der Waals surface area contributed by atoms with Crippen LogP contribution in [0.4, 0.5) is 5.69 Å². The molecule has 32 heavy (non-hydrogen) atoms. The van der Waals surface area contributed by atoms with E-state index >= 15 is 0 Å². The highest BCUT2D eigenvalue weighted by Crippen LogP contribution is 2.37. The number of hydrogen-bond acceptors (Lipinski definition) is 6. The van der Waals surface area contributed by atoms with E-state index in [0.717, 1.165) is 47.7 Å². The first-order chi connectivity index (χ1) is 15.5. The molecule has 8 nitrogen and oxygen atoms in total. The largest absolute Gasteiger partial charge is 0.491 e. The number of nitrogens with zero attached hydrogens (tertiary/aromatic N) is 3. The number of aromatic nitrogens is 3. The van der Waals surface area contributed by atoms with Crippen molar-refractivity contribution in [3.05, 3.63) is 47.1 Å². The number of rotatable bonds is 7. The zero-order chi connectivity index (χ0) is 22.7. The highest BCUT2D eigenvalue weighted by Gasteiger charge is 2.20. The van der Waals surface area contributed by atoms with Gasteiger partial charge in [-0.25, -0.2) is 0 Å². The Bertz CT molecular complexity index is 1080. The highest BCUT2D eigenvalue weighted by atomic mass is 16.5. The summed E-state index contributed by atoms with van der Waals surface area (Å²) >= 11 is 0. The number of ether oxygens (including phenoxy) is 1. The monoisotopic (exact) mass is 437 g/mol. The summed E-state index contributed by atoms with van der Waals surface area (Å²) in [6.07, 6.45) is 4.32. The fourth-order valence-corrected chi connectivity index (χ4v) is 4.16. The SMILES string of the molecule is CCc1cc(C(=O)Nc2ccc(OC[C@H]3CCCCN3)c(-c3c(C)noc3C)c2)n(C)n1. The van der Waals surface area contributed by atoms with Crippen molar-refractivity contribution in [3.8, 4) is 16.9 Å². The molecule has 1 amide bonds. The lowest BCUT2D eigenvalue weighted by Crippen LogP contribution is -2.38. The topological polar surface area (TPSA) is 94.2 Å². The summed E-state index contributed by atoms with van der Waals surface area (Å²) < 4.78 is 13.2. The Morgan fingerprint density at radius 1 is 1.31 bits per heavy atom. The molecule has 0 spiro atoms. The van der Waals surface area contributed by atoms with E-state index in [9.17, 15) is 4.79 Å². The van der Waals surface area contributed by atoms with Gasteiger partial charge < -0.3 is 19.9 Å². The Balaban J connectivity index is 1.60. The van der Waals surface area contributed by atoms with Gasteiger partial charge in [0.05, 0.1) is 17.0 Å². The molecule has 1 aliphatic heterocycles.